The van der Waals surface area contributed by atoms with Crippen LogP contribution in [0.4, 0.5) is 5.69 Å². The van der Waals surface area contributed by atoms with E-state index < -0.39 is 0 Å². The number of nitrogens with one attached hydrogen (secondary N) is 1. The predicted octanol–water partition coefficient (Wildman–Crippen LogP) is 7.10. The fraction of sp³-hybridized carbons (Fsp3) is 0.343. The van der Waals surface area contributed by atoms with E-state index in [1.54, 1.807) is 51.8 Å². The Morgan fingerprint density at radius 3 is 2.17 bits per heavy atom. The molecule has 48 heavy (non-hydrogen) atoms. The lowest BCUT2D eigenvalue weighted by molar-refractivity contribution is 0.102. The summed E-state index contributed by atoms with van der Waals surface area (Å²) in [6.07, 6.45) is 1.69. The number of amides is 1. The highest BCUT2D eigenvalue weighted by Gasteiger charge is 2.18. The van der Waals surface area contributed by atoms with Crippen molar-refractivity contribution in [2.75, 3.05) is 67.0 Å². The van der Waals surface area contributed by atoms with Gasteiger partial charge in [0.15, 0.2) is 0 Å². The summed E-state index contributed by atoms with van der Waals surface area (Å²) in [5.41, 5.74) is 4.26. The summed E-state index contributed by atoms with van der Waals surface area (Å²) in [7, 11) is 8.89. The first kappa shape index (κ1) is 37.3. The Kier molecular flexibility index (Phi) is 14.3. The smallest absolute Gasteiger partial charge is 0.274 e. The Bertz CT molecular complexity index is 1680. The van der Waals surface area contributed by atoms with Crippen molar-refractivity contribution in [2.45, 2.75) is 19.7 Å². The highest BCUT2D eigenvalue weighted by molar-refractivity contribution is 6.39. The number of methoxy groups -OCH3 is 3. The number of carbonyl (C=O) groups is 1. The Hall–Kier alpha value is -3.48. The molecule has 2 aromatic heterocycles. The van der Waals surface area contributed by atoms with E-state index in [1.165, 1.54) is 0 Å². The molecule has 0 fully saturated rings. The van der Waals surface area contributed by atoms with Crippen molar-refractivity contribution in [1.82, 2.24) is 19.8 Å². The zero-order valence-corrected chi connectivity index (χ0v) is 30.0. The molecule has 1 amide bonds. The zero-order valence-electron chi connectivity index (χ0n) is 27.7. The van der Waals surface area contributed by atoms with Gasteiger partial charge in [-0.15, -0.1) is 0 Å². The maximum Gasteiger partial charge on any atom is 0.274 e. The summed E-state index contributed by atoms with van der Waals surface area (Å²) in [6, 6.07) is 16.1. The van der Waals surface area contributed by atoms with Gasteiger partial charge in [-0.3, -0.25) is 19.6 Å². The number of carbonyl (C=O) groups excluding carboxylic acids is 1. The molecular formula is C35H40Cl3N5O5. The van der Waals surface area contributed by atoms with Gasteiger partial charge < -0.3 is 24.3 Å². The van der Waals surface area contributed by atoms with E-state index in [0.29, 0.717) is 75.5 Å². The minimum absolute atomic E-state index is 0.0528. The second-order valence-corrected chi connectivity index (χ2v) is 12.3. The zero-order chi connectivity index (χ0) is 34.6. The molecule has 0 saturated carbocycles. The maximum atomic E-state index is 13.1. The number of anilines is 1. The van der Waals surface area contributed by atoms with Gasteiger partial charge in [0.1, 0.15) is 23.7 Å². The Morgan fingerprint density at radius 2 is 1.52 bits per heavy atom. The van der Waals surface area contributed by atoms with Crippen LogP contribution in [0.5, 0.6) is 11.6 Å². The lowest BCUT2D eigenvalue weighted by Crippen LogP contribution is -2.23. The molecule has 0 bridgehead atoms. The Labute approximate surface area is 296 Å². The van der Waals surface area contributed by atoms with Crippen molar-refractivity contribution < 1.29 is 23.7 Å². The van der Waals surface area contributed by atoms with Crippen LogP contribution < -0.4 is 14.8 Å². The number of benzene rings is 2. The number of ether oxygens (including phenoxy) is 4. The van der Waals surface area contributed by atoms with Gasteiger partial charge in [-0.1, -0.05) is 65.1 Å². The van der Waals surface area contributed by atoms with Crippen molar-refractivity contribution in [3.63, 3.8) is 0 Å². The normalized spacial score (nSPS) is 11.3. The molecule has 4 aromatic rings. The minimum Gasteiger partial charge on any atom is -0.486 e. The number of rotatable bonds is 17. The van der Waals surface area contributed by atoms with E-state index >= 15 is 0 Å². The molecule has 0 radical (unpaired) electrons. The molecule has 0 aliphatic heterocycles. The van der Waals surface area contributed by atoms with Crippen LogP contribution in [0.15, 0.2) is 60.8 Å². The molecule has 0 atom stereocenters. The first-order valence-corrected chi connectivity index (χ1v) is 16.3. The lowest BCUT2D eigenvalue weighted by atomic mass is 10.0. The molecule has 10 nitrogen and oxygen atoms in total. The van der Waals surface area contributed by atoms with Crippen LogP contribution in [0.25, 0.3) is 11.1 Å². The van der Waals surface area contributed by atoms with Gasteiger partial charge in [0, 0.05) is 63.3 Å². The van der Waals surface area contributed by atoms with Crippen molar-refractivity contribution in [3.05, 3.63) is 98.4 Å². The van der Waals surface area contributed by atoms with Crippen LogP contribution in [0.3, 0.4) is 0 Å². The molecule has 0 unspecified atom stereocenters. The van der Waals surface area contributed by atoms with Gasteiger partial charge in [0.25, 0.3) is 5.91 Å². The molecular weight excluding hydrogens is 677 g/mol. The molecule has 1 N–H and O–H groups in total. The number of hydrogen-bond acceptors (Lipinski definition) is 9. The van der Waals surface area contributed by atoms with Crippen LogP contribution in [0, 0.1) is 0 Å². The van der Waals surface area contributed by atoms with Gasteiger partial charge >= 0.3 is 0 Å². The Balaban J connectivity index is 1.46. The van der Waals surface area contributed by atoms with Crippen LogP contribution in [-0.4, -0.2) is 87.4 Å². The Morgan fingerprint density at radius 1 is 0.854 bits per heavy atom. The molecule has 0 spiro atoms. The summed E-state index contributed by atoms with van der Waals surface area (Å²) < 4.78 is 21.9. The van der Waals surface area contributed by atoms with Crippen molar-refractivity contribution in [3.8, 4) is 22.8 Å². The fourth-order valence-electron chi connectivity index (χ4n) is 4.84. The summed E-state index contributed by atoms with van der Waals surface area (Å²) in [6.45, 7) is 4.11. The monoisotopic (exact) mass is 715 g/mol. The van der Waals surface area contributed by atoms with Crippen LogP contribution in [0.1, 0.15) is 27.3 Å². The van der Waals surface area contributed by atoms with Crippen molar-refractivity contribution in [2.24, 2.45) is 0 Å². The average Bonchev–Trinajstić information content (AvgIpc) is 3.08. The first-order valence-electron chi connectivity index (χ1n) is 15.2. The lowest BCUT2D eigenvalue weighted by Gasteiger charge is -2.19. The average molecular weight is 717 g/mol. The van der Waals surface area contributed by atoms with E-state index in [4.69, 9.17) is 53.8 Å². The van der Waals surface area contributed by atoms with Crippen LogP contribution in [0.2, 0.25) is 15.1 Å². The third-order valence-corrected chi connectivity index (χ3v) is 8.57. The number of likely N-dealkylation sites (N-methyl/N-ethyl adjacent to an activating group) is 2. The van der Waals surface area contributed by atoms with E-state index in [1.807, 2.05) is 44.4 Å². The van der Waals surface area contributed by atoms with Gasteiger partial charge in [-0.2, -0.15) is 0 Å². The van der Waals surface area contributed by atoms with E-state index in [-0.39, 0.29) is 18.2 Å². The first-order chi connectivity index (χ1) is 23.1. The standard InChI is InChI=1S/C35H40Cl3N5O5/c1-42(14-16-45-3)20-23-12-13-29(39-19-23)34(44)40-28-10-6-8-25(32(28)37)26-9-7-11-31(33(26)38)48-22-30-27(36)18-24(35(41-30)47-5)21-43(2)15-17-46-4/h6-13,18-19H,14-17,20-22H2,1-5H3,(H,40,44). The molecule has 2 heterocycles. The largest absolute Gasteiger partial charge is 0.486 e. The third kappa shape index (κ3) is 10.0. The molecule has 256 valence electrons. The molecule has 2 aromatic carbocycles. The number of hydrogen-bond donors (Lipinski definition) is 1. The van der Waals surface area contributed by atoms with E-state index in [2.05, 4.69) is 25.1 Å². The summed E-state index contributed by atoms with van der Waals surface area (Å²) in [5, 5.41) is 3.98. The minimum atomic E-state index is -0.385. The molecule has 0 aliphatic rings. The van der Waals surface area contributed by atoms with Gasteiger partial charge in [-0.25, -0.2) is 4.98 Å². The summed E-state index contributed by atoms with van der Waals surface area (Å²) >= 11 is 20.3. The third-order valence-electron chi connectivity index (χ3n) is 7.45. The van der Waals surface area contributed by atoms with Gasteiger partial charge in [0.2, 0.25) is 5.88 Å². The molecule has 0 aliphatic carbocycles. The number of nitrogens with zero attached hydrogens (tertiary/aromatic N) is 4. The van der Waals surface area contributed by atoms with E-state index in [9.17, 15) is 4.79 Å². The highest BCUT2D eigenvalue weighted by Crippen LogP contribution is 2.41. The number of aromatic nitrogens is 2. The van der Waals surface area contributed by atoms with Gasteiger partial charge in [0.05, 0.1) is 41.1 Å². The predicted molar refractivity (Wildman–Crippen MR) is 191 cm³/mol. The quantitative estimate of drug-likeness (QED) is 0.123. The maximum absolute atomic E-state index is 13.1. The number of halogens is 3. The second kappa shape index (κ2) is 18.3. The summed E-state index contributed by atoms with van der Waals surface area (Å²) in [5.74, 6) is 0.491. The van der Waals surface area contributed by atoms with Crippen molar-refractivity contribution in [1.29, 1.82) is 0 Å². The highest BCUT2D eigenvalue weighted by atomic mass is 35.5. The summed E-state index contributed by atoms with van der Waals surface area (Å²) in [4.78, 5) is 26.2. The SMILES string of the molecule is COCCN(C)Cc1ccc(C(=O)Nc2cccc(-c3cccc(OCc4nc(OC)c(CN(C)CCOC)cc4Cl)c3Cl)c2Cl)nc1. The topological polar surface area (TPSA) is 98.3 Å². The van der Waals surface area contributed by atoms with E-state index in [0.717, 1.165) is 24.2 Å². The van der Waals surface area contributed by atoms with Crippen molar-refractivity contribution >= 4 is 46.4 Å². The van der Waals surface area contributed by atoms with Crippen LogP contribution in [-0.2, 0) is 29.2 Å². The van der Waals surface area contributed by atoms with Gasteiger partial charge in [-0.05, 0) is 43.9 Å². The molecule has 4 rings (SSSR count). The molecule has 13 heteroatoms. The molecule has 0 saturated heterocycles. The number of pyridine rings is 2. The fourth-order valence-corrected chi connectivity index (χ4v) is 5.63. The van der Waals surface area contributed by atoms with Crippen LogP contribution >= 0.6 is 34.8 Å². The second-order valence-electron chi connectivity index (χ2n) is 11.1.